The number of amides is 1. The Morgan fingerprint density at radius 3 is 2.75 bits per heavy atom. The van der Waals surface area contributed by atoms with Crippen molar-refractivity contribution in [2.75, 3.05) is 26.9 Å². The van der Waals surface area contributed by atoms with Crippen molar-refractivity contribution in [3.63, 3.8) is 0 Å². The third kappa shape index (κ3) is 4.18. The van der Waals surface area contributed by atoms with E-state index in [1.54, 1.807) is 6.92 Å². The van der Waals surface area contributed by atoms with E-state index in [-0.39, 0.29) is 30.2 Å². The Bertz CT molecular complexity index is 477. The molecular formula is C12H16N2O6. The van der Waals surface area contributed by atoms with Gasteiger partial charge in [0.2, 0.25) is 5.75 Å². The summed E-state index contributed by atoms with van der Waals surface area (Å²) < 4.78 is 9.95. The van der Waals surface area contributed by atoms with Crippen LogP contribution in [0.15, 0.2) is 18.2 Å². The van der Waals surface area contributed by atoms with Crippen molar-refractivity contribution in [1.29, 1.82) is 0 Å². The van der Waals surface area contributed by atoms with Crippen LogP contribution < -0.4 is 10.2 Å². The summed E-state index contributed by atoms with van der Waals surface area (Å²) in [5.41, 5.74) is 1.95. The Labute approximate surface area is 115 Å². The first-order valence-corrected chi connectivity index (χ1v) is 5.93. The van der Waals surface area contributed by atoms with Crippen LogP contribution in [-0.2, 0) is 9.57 Å². The molecule has 0 aliphatic carbocycles. The van der Waals surface area contributed by atoms with Gasteiger partial charge in [0.05, 0.1) is 30.3 Å². The SMILES string of the molecule is CCOc1c(C(=O)NOCCOC)cccc1[N+](=O)[O-]. The monoisotopic (exact) mass is 284 g/mol. The van der Waals surface area contributed by atoms with E-state index in [2.05, 4.69) is 5.48 Å². The number of methoxy groups -OCH3 is 1. The van der Waals surface area contributed by atoms with Gasteiger partial charge in [-0.2, -0.15) is 0 Å². The number of hydrogen-bond donors (Lipinski definition) is 1. The zero-order valence-electron chi connectivity index (χ0n) is 11.3. The number of hydrogen-bond acceptors (Lipinski definition) is 6. The first kappa shape index (κ1) is 15.9. The summed E-state index contributed by atoms with van der Waals surface area (Å²) in [6.45, 7) is 2.36. The molecule has 1 N–H and O–H groups in total. The molecule has 1 amide bonds. The van der Waals surface area contributed by atoms with Crippen molar-refractivity contribution in [2.24, 2.45) is 0 Å². The van der Waals surface area contributed by atoms with Crippen molar-refractivity contribution in [2.45, 2.75) is 6.92 Å². The van der Waals surface area contributed by atoms with Crippen LogP contribution in [0.3, 0.4) is 0 Å². The fourth-order valence-electron chi connectivity index (χ4n) is 1.44. The summed E-state index contributed by atoms with van der Waals surface area (Å²) in [4.78, 5) is 27.1. The molecule has 0 atom stereocenters. The number of nitrogens with zero attached hydrogens (tertiary/aromatic N) is 1. The Hall–Kier alpha value is -2.19. The van der Waals surface area contributed by atoms with Crippen molar-refractivity contribution >= 4 is 11.6 Å². The molecule has 0 saturated carbocycles. The highest BCUT2D eigenvalue weighted by Crippen LogP contribution is 2.30. The van der Waals surface area contributed by atoms with Gasteiger partial charge in [0.1, 0.15) is 0 Å². The average Bonchev–Trinajstić information content (AvgIpc) is 2.43. The Morgan fingerprint density at radius 2 is 2.15 bits per heavy atom. The number of para-hydroxylation sites is 1. The lowest BCUT2D eigenvalue weighted by Gasteiger charge is -2.10. The molecule has 1 aromatic carbocycles. The maximum atomic E-state index is 11.9. The van der Waals surface area contributed by atoms with E-state index in [0.29, 0.717) is 6.61 Å². The summed E-state index contributed by atoms with van der Waals surface area (Å²) in [5, 5.41) is 10.9. The number of carbonyl (C=O) groups is 1. The minimum Gasteiger partial charge on any atom is -0.487 e. The van der Waals surface area contributed by atoms with Crippen molar-refractivity contribution < 1.29 is 24.0 Å². The zero-order chi connectivity index (χ0) is 15.0. The highest BCUT2D eigenvalue weighted by molar-refractivity contribution is 5.97. The van der Waals surface area contributed by atoms with Crippen LogP contribution in [0.25, 0.3) is 0 Å². The van der Waals surface area contributed by atoms with Crippen molar-refractivity contribution in [3.05, 3.63) is 33.9 Å². The van der Waals surface area contributed by atoms with E-state index < -0.39 is 10.8 Å². The third-order valence-electron chi connectivity index (χ3n) is 2.28. The largest absolute Gasteiger partial charge is 0.487 e. The van der Waals surface area contributed by atoms with Gasteiger partial charge >= 0.3 is 5.69 Å². The summed E-state index contributed by atoms with van der Waals surface area (Å²) in [6, 6.07) is 4.10. The molecule has 0 aromatic heterocycles. The second kappa shape index (κ2) is 8.08. The molecular weight excluding hydrogens is 268 g/mol. The van der Waals surface area contributed by atoms with E-state index in [1.807, 2.05) is 0 Å². The number of nitro benzene ring substituents is 1. The third-order valence-corrected chi connectivity index (χ3v) is 2.28. The van der Waals surface area contributed by atoms with Crippen LogP contribution >= 0.6 is 0 Å². The molecule has 0 saturated heterocycles. The van der Waals surface area contributed by atoms with Crippen LogP contribution in [0.1, 0.15) is 17.3 Å². The van der Waals surface area contributed by atoms with Gasteiger partial charge in [0, 0.05) is 13.2 Å². The Balaban J connectivity index is 2.89. The molecule has 0 heterocycles. The molecule has 0 unspecified atom stereocenters. The second-order valence-corrected chi connectivity index (χ2v) is 3.62. The highest BCUT2D eigenvalue weighted by Gasteiger charge is 2.23. The molecule has 0 aliphatic heterocycles. The molecule has 0 aliphatic rings. The molecule has 0 spiro atoms. The van der Waals surface area contributed by atoms with Gasteiger partial charge < -0.3 is 9.47 Å². The molecule has 0 radical (unpaired) electrons. The van der Waals surface area contributed by atoms with E-state index in [9.17, 15) is 14.9 Å². The van der Waals surface area contributed by atoms with Crippen LogP contribution in [0.5, 0.6) is 5.75 Å². The van der Waals surface area contributed by atoms with Crippen molar-refractivity contribution in [1.82, 2.24) is 5.48 Å². The lowest BCUT2D eigenvalue weighted by Crippen LogP contribution is -2.26. The predicted octanol–water partition coefficient (Wildman–Crippen LogP) is 1.30. The molecule has 8 heteroatoms. The fraction of sp³-hybridized carbons (Fsp3) is 0.417. The van der Waals surface area contributed by atoms with Gasteiger partial charge in [0.25, 0.3) is 5.91 Å². The van der Waals surface area contributed by atoms with Crippen molar-refractivity contribution in [3.8, 4) is 5.75 Å². The number of nitrogens with one attached hydrogen (secondary N) is 1. The molecule has 1 rings (SSSR count). The van der Waals surface area contributed by atoms with Crippen LogP contribution in [0.2, 0.25) is 0 Å². The number of nitro groups is 1. The summed E-state index contributed by atoms with van der Waals surface area (Å²) >= 11 is 0. The number of ether oxygens (including phenoxy) is 2. The van der Waals surface area contributed by atoms with Gasteiger partial charge in [0.15, 0.2) is 0 Å². The number of carbonyl (C=O) groups excluding carboxylic acids is 1. The zero-order valence-corrected chi connectivity index (χ0v) is 11.3. The van der Waals surface area contributed by atoms with Gasteiger partial charge in [-0.3, -0.25) is 19.7 Å². The summed E-state index contributed by atoms with van der Waals surface area (Å²) in [7, 11) is 1.50. The first-order valence-electron chi connectivity index (χ1n) is 5.93. The molecule has 8 nitrogen and oxygen atoms in total. The standard InChI is InChI=1S/C12H16N2O6/c1-3-19-11-9(5-4-6-10(11)14(16)17)12(15)13-20-8-7-18-2/h4-6H,3,7-8H2,1-2H3,(H,13,15). The van der Waals surface area contributed by atoms with E-state index >= 15 is 0 Å². The predicted molar refractivity (Wildman–Crippen MR) is 69.6 cm³/mol. The highest BCUT2D eigenvalue weighted by atomic mass is 16.7. The smallest absolute Gasteiger partial charge is 0.311 e. The van der Waals surface area contributed by atoms with Crippen LogP contribution in [0.4, 0.5) is 5.69 Å². The number of hydroxylamine groups is 1. The summed E-state index contributed by atoms with van der Waals surface area (Å²) in [6.07, 6.45) is 0. The van der Waals surface area contributed by atoms with Gasteiger partial charge in [-0.15, -0.1) is 0 Å². The lowest BCUT2D eigenvalue weighted by atomic mass is 10.1. The molecule has 0 fully saturated rings. The average molecular weight is 284 g/mol. The normalized spacial score (nSPS) is 10.1. The van der Waals surface area contributed by atoms with E-state index in [1.165, 1.54) is 25.3 Å². The quantitative estimate of drug-likeness (QED) is 0.439. The van der Waals surface area contributed by atoms with E-state index in [0.717, 1.165) is 0 Å². The van der Waals surface area contributed by atoms with Crippen LogP contribution in [-0.4, -0.2) is 37.8 Å². The van der Waals surface area contributed by atoms with Crippen LogP contribution in [0, 0.1) is 10.1 Å². The topological polar surface area (TPSA) is 99.9 Å². The minimum atomic E-state index is -0.617. The first-order chi connectivity index (χ1) is 9.61. The number of benzene rings is 1. The van der Waals surface area contributed by atoms with Gasteiger partial charge in [-0.05, 0) is 13.0 Å². The maximum absolute atomic E-state index is 11.9. The minimum absolute atomic E-state index is 0.0402. The molecule has 20 heavy (non-hydrogen) atoms. The van der Waals surface area contributed by atoms with Gasteiger partial charge in [-0.25, -0.2) is 5.48 Å². The Morgan fingerprint density at radius 1 is 1.40 bits per heavy atom. The molecule has 110 valence electrons. The summed E-state index contributed by atoms with van der Waals surface area (Å²) in [5.74, 6) is -0.693. The second-order valence-electron chi connectivity index (χ2n) is 3.62. The fourth-order valence-corrected chi connectivity index (χ4v) is 1.44. The Kier molecular flexibility index (Phi) is 6.41. The van der Waals surface area contributed by atoms with Gasteiger partial charge in [-0.1, -0.05) is 6.07 Å². The maximum Gasteiger partial charge on any atom is 0.311 e. The molecule has 0 bridgehead atoms. The lowest BCUT2D eigenvalue weighted by molar-refractivity contribution is -0.385. The molecule has 1 aromatic rings. The number of rotatable bonds is 8. The van der Waals surface area contributed by atoms with E-state index in [4.69, 9.17) is 14.3 Å².